The van der Waals surface area contributed by atoms with Gasteiger partial charge in [-0.15, -0.1) is 0 Å². The van der Waals surface area contributed by atoms with Gasteiger partial charge < -0.3 is 9.64 Å². The number of benzene rings is 1. The number of nitrogens with one attached hydrogen (secondary N) is 1. The minimum absolute atomic E-state index is 0.142. The van der Waals surface area contributed by atoms with Gasteiger partial charge in [0.2, 0.25) is 10.0 Å². The van der Waals surface area contributed by atoms with Crippen molar-refractivity contribution < 1.29 is 13.2 Å². The van der Waals surface area contributed by atoms with E-state index < -0.39 is 10.0 Å². The standard InChI is InChI=1S/C12H19BrN2O3S/c1-4-15(2)8-7-14-19(16,17)12-9-10(13)5-6-11(12)18-3/h5-6,9,14H,4,7-8H2,1-3H3. The van der Waals surface area contributed by atoms with E-state index in [1.54, 1.807) is 12.1 Å². The summed E-state index contributed by atoms with van der Waals surface area (Å²) in [4.78, 5) is 2.17. The van der Waals surface area contributed by atoms with Crippen LogP contribution >= 0.6 is 15.9 Å². The summed E-state index contributed by atoms with van der Waals surface area (Å²) >= 11 is 3.26. The third kappa shape index (κ3) is 4.76. The van der Waals surface area contributed by atoms with Crippen molar-refractivity contribution in [2.75, 3.05) is 33.8 Å². The average molecular weight is 351 g/mol. The molecule has 0 saturated heterocycles. The van der Waals surface area contributed by atoms with Crippen molar-refractivity contribution in [3.63, 3.8) is 0 Å². The minimum atomic E-state index is -3.56. The lowest BCUT2D eigenvalue weighted by Gasteiger charge is -2.15. The molecule has 1 aromatic carbocycles. The molecule has 0 atom stereocenters. The lowest BCUT2D eigenvalue weighted by molar-refractivity contribution is 0.357. The third-order valence-electron chi connectivity index (χ3n) is 2.74. The van der Waals surface area contributed by atoms with Gasteiger partial charge in [-0.1, -0.05) is 22.9 Å². The quantitative estimate of drug-likeness (QED) is 0.812. The Morgan fingerprint density at radius 2 is 2.11 bits per heavy atom. The van der Waals surface area contributed by atoms with Crippen LogP contribution in [0.5, 0.6) is 5.75 Å². The van der Waals surface area contributed by atoms with E-state index >= 15 is 0 Å². The zero-order valence-electron chi connectivity index (χ0n) is 11.3. The van der Waals surface area contributed by atoms with Crippen LogP contribution in [0, 0.1) is 0 Å². The average Bonchev–Trinajstić information content (AvgIpc) is 2.38. The molecule has 0 aliphatic heterocycles. The second kappa shape index (κ2) is 7.23. The number of likely N-dealkylation sites (N-methyl/N-ethyl adjacent to an activating group) is 1. The first-order valence-electron chi connectivity index (χ1n) is 5.92. The van der Waals surface area contributed by atoms with Gasteiger partial charge in [0.15, 0.2) is 0 Å². The van der Waals surface area contributed by atoms with Gasteiger partial charge in [0.05, 0.1) is 7.11 Å². The van der Waals surface area contributed by atoms with Crippen molar-refractivity contribution >= 4 is 26.0 Å². The minimum Gasteiger partial charge on any atom is -0.495 e. The van der Waals surface area contributed by atoms with Crippen LogP contribution < -0.4 is 9.46 Å². The Morgan fingerprint density at radius 3 is 2.68 bits per heavy atom. The van der Waals surface area contributed by atoms with E-state index in [1.165, 1.54) is 13.2 Å². The molecule has 0 aliphatic carbocycles. The maximum absolute atomic E-state index is 12.2. The van der Waals surface area contributed by atoms with Crippen molar-refractivity contribution in [1.82, 2.24) is 9.62 Å². The summed E-state index contributed by atoms with van der Waals surface area (Å²) in [5, 5.41) is 0. The maximum atomic E-state index is 12.2. The number of hydrogen-bond donors (Lipinski definition) is 1. The van der Waals surface area contributed by atoms with E-state index in [9.17, 15) is 8.42 Å². The molecule has 0 radical (unpaired) electrons. The molecular weight excluding hydrogens is 332 g/mol. The number of sulfonamides is 1. The summed E-state index contributed by atoms with van der Waals surface area (Å²) in [7, 11) is -0.171. The molecule has 1 rings (SSSR count). The third-order valence-corrected chi connectivity index (χ3v) is 4.72. The van der Waals surface area contributed by atoms with Crippen molar-refractivity contribution in [1.29, 1.82) is 0 Å². The van der Waals surface area contributed by atoms with Crippen LogP contribution in [-0.2, 0) is 10.0 Å². The Morgan fingerprint density at radius 1 is 1.42 bits per heavy atom. The fourth-order valence-corrected chi connectivity index (χ4v) is 3.19. The molecule has 0 aromatic heterocycles. The SMILES string of the molecule is CCN(C)CCNS(=O)(=O)c1cc(Br)ccc1OC. The van der Waals surface area contributed by atoms with Crippen LogP contribution in [0.1, 0.15) is 6.92 Å². The lowest BCUT2D eigenvalue weighted by atomic mass is 10.3. The zero-order valence-corrected chi connectivity index (χ0v) is 13.7. The van der Waals surface area contributed by atoms with Gasteiger partial charge in [0, 0.05) is 17.6 Å². The lowest BCUT2D eigenvalue weighted by Crippen LogP contribution is -2.33. The molecule has 1 N–H and O–H groups in total. The van der Waals surface area contributed by atoms with E-state index in [1.807, 2.05) is 18.9 Å². The molecule has 7 heteroatoms. The molecular formula is C12H19BrN2O3S. The summed E-state index contributed by atoms with van der Waals surface area (Å²) in [5.74, 6) is 0.333. The summed E-state index contributed by atoms with van der Waals surface area (Å²) in [6.45, 7) is 3.92. The fourth-order valence-electron chi connectivity index (χ4n) is 1.47. The second-order valence-electron chi connectivity index (χ2n) is 4.09. The first-order chi connectivity index (χ1) is 8.90. The Kier molecular flexibility index (Phi) is 6.25. The molecule has 0 aliphatic rings. The number of hydrogen-bond acceptors (Lipinski definition) is 4. The molecule has 108 valence electrons. The van der Waals surface area contributed by atoms with Gasteiger partial charge in [0.1, 0.15) is 10.6 Å². The van der Waals surface area contributed by atoms with Crippen LogP contribution in [0.3, 0.4) is 0 Å². The molecule has 0 saturated carbocycles. The smallest absolute Gasteiger partial charge is 0.244 e. The van der Waals surface area contributed by atoms with E-state index in [0.29, 0.717) is 23.3 Å². The van der Waals surface area contributed by atoms with Crippen LogP contribution in [0.25, 0.3) is 0 Å². The Bertz CT molecular complexity index is 520. The first-order valence-corrected chi connectivity index (χ1v) is 8.20. The topological polar surface area (TPSA) is 58.6 Å². The first kappa shape index (κ1) is 16.4. The van der Waals surface area contributed by atoms with Crippen LogP contribution in [0.15, 0.2) is 27.6 Å². The summed E-state index contributed by atoms with van der Waals surface area (Å²) in [6.07, 6.45) is 0. The van der Waals surface area contributed by atoms with Crippen LogP contribution in [0.2, 0.25) is 0 Å². The summed E-state index contributed by atoms with van der Waals surface area (Å²) < 4.78 is 32.8. The molecule has 5 nitrogen and oxygen atoms in total. The van der Waals surface area contributed by atoms with E-state index in [2.05, 4.69) is 20.7 Å². The van der Waals surface area contributed by atoms with Crippen molar-refractivity contribution in [2.45, 2.75) is 11.8 Å². The Balaban J connectivity index is 2.85. The number of nitrogens with zero attached hydrogens (tertiary/aromatic N) is 1. The van der Waals surface area contributed by atoms with Gasteiger partial charge in [-0.25, -0.2) is 13.1 Å². The molecule has 1 aromatic rings. The molecule has 0 fully saturated rings. The highest BCUT2D eigenvalue weighted by Crippen LogP contribution is 2.26. The van der Waals surface area contributed by atoms with Crippen molar-refractivity contribution in [3.05, 3.63) is 22.7 Å². The van der Waals surface area contributed by atoms with E-state index in [0.717, 1.165) is 6.54 Å². The molecule has 19 heavy (non-hydrogen) atoms. The molecule has 0 heterocycles. The summed E-state index contributed by atoms with van der Waals surface area (Å²) in [5.41, 5.74) is 0. The highest BCUT2D eigenvalue weighted by Gasteiger charge is 2.19. The number of halogens is 1. The molecule has 0 bridgehead atoms. The fraction of sp³-hybridized carbons (Fsp3) is 0.500. The van der Waals surface area contributed by atoms with Gasteiger partial charge in [0.25, 0.3) is 0 Å². The molecule has 0 amide bonds. The van der Waals surface area contributed by atoms with Crippen LogP contribution in [-0.4, -0.2) is 47.1 Å². The molecule has 0 unspecified atom stereocenters. The highest BCUT2D eigenvalue weighted by molar-refractivity contribution is 9.10. The van der Waals surface area contributed by atoms with Crippen molar-refractivity contribution in [2.24, 2.45) is 0 Å². The van der Waals surface area contributed by atoms with Gasteiger partial charge in [-0.2, -0.15) is 0 Å². The van der Waals surface area contributed by atoms with Crippen LogP contribution in [0.4, 0.5) is 0 Å². The number of ether oxygens (including phenoxy) is 1. The highest BCUT2D eigenvalue weighted by atomic mass is 79.9. The maximum Gasteiger partial charge on any atom is 0.244 e. The zero-order chi connectivity index (χ0) is 14.5. The predicted octanol–water partition coefficient (Wildman–Crippen LogP) is 1.69. The van der Waals surface area contributed by atoms with E-state index in [4.69, 9.17) is 4.74 Å². The summed E-state index contributed by atoms with van der Waals surface area (Å²) in [6, 6.07) is 4.89. The number of methoxy groups -OCH3 is 1. The predicted molar refractivity (Wildman–Crippen MR) is 79.1 cm³/mol. The largest absolute Gasteiger partial charge is 0.495 e. The Hall–Kier alpha value is -0.630. The van der Waals surface area contributed by atoms with Gasteiger partial charge in [-0.3, -0.25) is 0 Å². The number of rotatable bonds is 7. The van der Waals surface area contributed by atoms with Crippen molar-refractivity contribution in [3.8, 4) is 5.75 Å². The van der Waals surface area contributed by atoms with Gasteiger partial charge in [-0.05, 0) is 31.8 Å². The monoisotopic (exact) mass is 350 g/mol. The second-order valence-corrected chi connectivity index (χ2v) is 6.74. The van der Waals surface area contributed by atoms with Gasteiger partial charge >= 0.3 is 0 Å². The Labute approximate surface area is 123 Å². The van der Waals surface area contributed by atoms with E-state index in [-0.39, 0.29) is 4.90 Å². The normalized spacial score (nSPS) is 11.8. The molecule has 0 spiro atoms.